The molecular formula is C15H22FN. The Morgan fingerprint density at radius 1 is 1.12 bits per heavy atom. The van der Waals surface area contributed by atoms with Gasteiger partial charge in [0, 0.05) is 5.54 Å². The molecule has 0 radical (unpaired) electrons. The first kappa shape index (κ1) is 12.6. The van der Waals surface area contributed by atoms with Crippen LogP contribution in [0.25, 0.3) is 0 Å². The Morgan fingerprint density at radius 2 is 1.65 bits per heavy atom. The molecule has 1 saturated carbocycles. The first-order valence-corrected chi connectivity index (χ1v) is 6.55. The van der Waals surface area contributed by atoms with Gasteiger partial charge in [-0.2, -0.15) is 0 Å². The van der Waals surface area contributed by atoms with Crippen LogP contribution in [0.3, 0.4) is 0 Å². The molecule has 2 rings (SSSR count). The third kappa shape index (κ3) is 2.68. The topological polar surface area (TPSA) is 26.0 Å². The van der Waals surface area contributed by atoms with Gasteiger partial charge >= 0.3 is 0 Å². The molecule has 0 amide bonds. The SMILES string of the molecule is CC1CCC(C(C)(N)c2ccc(F)cc2)CC1. The molecule has 1 fully saturated rings. The van der Waals surface area contributed by atoms with Crippen molar-refractivity contribution in [3.63, 3.8) is 0 Å². The Balaban J connectivity index is 2.15. The van der Waals surface area contributed by atoms with E-state index in [4.69, 9.17) is 5.73 Å². The fraction of sp³-hybridized carbons (Fsp3) is 0.600. The van der Waals surface area contributed by atoms with E-state index < -0.39 is 0 Å². The standard InChI is InChI=1S/C15H22FN/c1-11-3-5-12(6-4-11)15(2,17)13-7-9-14(16)10-8-13/h7-12H,3-6,17H2,1-2H3. The van der Waals surface area contributed by atoms with E-state index in [1.54, 1.807) is 0 Å². The van der Waals surface area contributed by atoms with Gasteiger partial charge < -0.3 is 5.73 Å². The normalized spacial score (nSPS) is 28.7. The summed E-state index contributed by atoms with van der Waals surface area (Å²) in [5, 5.41) is 0. The summed E-state index contributed by atoms with van der Waals surface area (Å²) < 4.78 is 12.9. The highest BCUT2D eigenvalue weighted by atomic mass is 19.1. The van der Waals surface area contributed by atoms with Crippen molar-refractivity contribution in [2.24, 2.45) is 17.6 Å². The lowest BCUT2D eigenvalue weighted by Crippen LogP contribution is -2.42. The maximum Gasteiger partial charge on any atom is 0.123 e. The predicted octanol–water partition coefficient (Wildman–Crippen LogP) is 3.83. The Bertz CT molecular complexity index is 361. The van der Waals surface area contributed by atoms with E-state index >= 15 is 0 Å². The van der Waals surface area contributed by atoms with Gasteiger partial charge in [-0.25, -0.2) is 4.39 Å². The molecule has 2 N–H and O–H groups in total. The molecule has 0 spiro atoms. The van der Waals surface area contributed by atoms with Crippen LogP contribution in [-0.2, 0) is 5.54 Å². The molecule has 1 aromatic rings. The summed E-state index contributed by atoms with van der Waals surface area (Å²) in [4.78, 5) is 0. The molecule has 0 bridgehead atoms. The molecule has 1 nitrogen and oxygen atoms in total. The number of rotatable bonds is 2. The lowest BCUT2D eigenvalue weighted by atomic mass is 9.70. The van der Waals surface area contributed by atoms with Crippen molar-refractivity contribution >= 4 is 0 Å². The van der Waals surface area contributed by atoms with E-state index in [2.05, 4.69) is 13.8 Å². The third-order valence-electron chi connectivity index (χ3n) is 4.33. The van der Waals surface area contributed by atoms with Crippen molar-refractivity contribution in [3.8, 4) is 0 Å². The van der Waals surface area contributed by atoms with Gasteiger partial charge in [-0.3, -0.25) is 0 Å². The monoisotopic (exact) mass is 235 g/mol. The first-order valence-electron chi connectivity index (χ1n) is 6.55. The van der Waals surface area contributed by atoms with Gasteiger partial charge in [0.15, 0.2) is 0 Å². The second-order valence-corrected chi connectivity index (χ2v) is 5.75. The second-order valence-electron chi connectivity index (χ2n) is 5.75. The van der Waals surface area contributed by atoms with E-state index in [1.165, 1.54) is 37.8 Å². The Hall–Kier alpha value is -0.890. The molecular weight excluding hydrogens is 213 g/mol. The van der Waals surface area contributed by atoms with Crippen molar-refractivity contribution < 1.29 is 4.39 Å². The summed E-state index contributed by atoms with van der Waals surface area (Å²) in [5.41, 5.74) is 7.21. The minimum absolute atomic E-state index is 0.193. The van der Waals surface area contributed by atoms with Crippen LogP contribution in [0.2, 0.25) is 0 Å². The van der Waals surface area contributed by atoms with Gasteiger partial charge in [-0.1, -0.05) is 31.9 Å². The molecule has 0 heterocycles. The summed E-state index contributed by atoms with van der Waals surface area (Å²) in [5.74, 6) is 1.15. The van der Waals surface area contributed by atoms with Crippen LogP contribution in [0.1, 0.15) is 45.1 Å². The number of halogens is 1. The van der Waals surface area contributed by atoms with Gasteiger partial charge in [-0.05, 0) is 49.3 Å². The smallest absolute Gasteiger partial charge is 0.123 e. The molecule has 1 atom stereocenters. The van der Waals surface area contributed by atoms with E-state index in [0.29, 0.717) is 5.92 Å². The molecule has 1 aliphatic carbocycles. The number of benzene rings is 1. The second kappa shape index (κ2) is 4.77. The summed E-state index contributed by atoms with van der Waals surface area (Å²) in [6.07, 6.45) is 4.90. The maximum absolute atomic E-state index is 12.9. The van der Waals surface area contributed by atoms with Crippen LogP contribution < -0.4 is 5.73 Å². The van der Waals surface area contributed by atoms with Crippen molar-refractivity contribution in [2.75, 3.05) is 0 Å². The first-order chi connectivity index (χ1) is 8.00. The maximum atomic E-state index is 12.9. The van der Waals surface area contributed by atoms with Gasteiger partial charge in [0.2, 0.25) is 0 Å². The van der Waals surface area contributed by atoms with Gasteiger partial charge in [0.1, 0.15) is 5.82 Å². The van der Waals surface area contributed by atoms with E-state index in [0.717, 1.165) is 11.5 Å². The van der Waals surface area contributed by atoms with Crippen LogP contribution in [-0.4, -0.2) is 0 Å². The molecule has 94 valence electrons. The average Bonchev–Trinajstić information content (AvgIpc) is 2.30. The highest BCUT2D eigenvalue weighted by molar-refractivity contribution is 5.25. The zero-order valence-corrected chi connectivity index (χ0v) is 10.7. The minimum Gasteiger partial charge on any atom is -0.321 e. The lowest BCUT2D eigenvalue weighted by molar-refractivity contribution is 0.192. The zero-order valence-electron chi connectivity index (χ0n) is 10.7. The summed E-state index contributed by atoms with van der Waals surface area (Å²) in [6, 6.07) is 6.67. The number of hydrogen-bond acceptors (Lipinski definition) is 1. The molecule has 1 unspecified atom stereocenters. The summed E-state index contributed by atoms with van der Waals surface area (Å²) in [6.45, 7) is 4.39. The number of hydrogen-bond donors (Lipinski definition) is 1. The molecule has 0 saturated heterocycles. The molecule has 2 heteroatoms. The molecule has 1 aromatic carbocycles. The van der Waals surface area contributed by atoms with E-state index in [-0.39, 0.29) is 11.4 Å². The molecule has 1 aliphatic rings. The summed E-state index contributed by atoms with van der Waals surface area (Å²) >= 11 is 0. The van der Waals surface area contributed by atoms with Crippen molar-refractivity contribution in [3.05, 3.63) is 35.6 Å². The van der Waals surface area contributed by atoms with Crippen molar-refractivity contribution in [1.82, 2.24) is 0 Å². The van der Waals surface area contributed by atoms with Crippen LogP contribution in [0.5, 0.6) is 0 Å². The molecule has 17 heavy (non-hydrogen) atoms. The highest BCUT2D eigenvalue weighted by Crippen LogP contribution is 2.39. The average molecular weight is 235 g/mol. The van der Waals surface area contributed by atoms with Crippen LogP contribution >= 0.6 is 0 Å². The fourth-order valence-electron chi connectivity index (χ4n) is 2.90. The Kier molecular flexibility index (Phi) is 3.53. The largest absolute Gasteiger partial charge is 0.321 e. The van der Waals surface area contributed by atoms with Crippen LogP contribution in [0.15, 0.2) is 24.3 Å². The van der Waals surface area contributed by atoms with Crippen LogP contribution in [0, 0.1) is 17.7 Å². The third-order valence-corrected chi connectivity index (χ3v) is 4.33. The van der Waals surface area contributed by atoms with Crippen molar-refractivity contribution in [1.29, 1.82) is 0 Å². The molecule has 0 aromatic heterocycles. The minimum atomic E-state index is -0.326. The van der Waals surface area contributed by atoms with E-state index in [9.17, 15) is 4.39 Å². The van der Waals surface area contributed by atoms with Gasteiger partial charge in [0.25, 0.3) is 0 Å². The predicted molar refractivity (Wildman–Crippen MR) is 69.1 cm³/mol. The Morgan fingerprint density at radius 3 is 2.18 bits per heavy atom. The zero-order chi connectivity index (χ0) is 12.5. The van der Waals surface area contributed by atoms with Crippen molar-refractivity contribution in [2.45, 2.75) is 45.1 Å². The lowest BCUT2D eigenvalue weighted by Gasteiger charge is -2.39. The molecule has 0 aliphatic heterocycles. The van der Waals surface area contributed by atoms with Crippen LogP contribution in [0.4, 0.5) is 4.39 Å². The highest BCUT2D eigenvalue weighted by Gasteiger charge is 2.34. The fourth-order valence-corrected chi connectivity index (χ4v) is 2.90. The van der Waals surface area contributed by atoms with Gasteiger partial charge in [0.05, 0.1) is 0 Å². The summed E-state index contributed by atoms with van der Waals surface area (Å²) in [7, 11) is 0. The van der Waals surface area contributed by atoms with Gasteiger partial charge in [-0.15, -0.1) is 0 Å². The van der Waals surface area contributed by atoms with E-state index in [1.807, 2.05) is 12.1 Å². The number of nitrogens with two attached hydrogens (primary N) is 1. The Labute approximate surface area is 103 Å². The quantitative estimate of drug-likeness (QED) is 0.828.